The Balaban J connectivity index is 2.93. The van der Waals surface area contributed by atoms with E-state index in [9.17, 15) is 4.79 Å². The number of rotatable bonds is 7. The number of carbonyl (C=O) groups is 1. The van der Waals surface area contributed by atoms with E-state index in [1.807, 2.05) is 6.07 Å². The fourth-order valence-electron chi connectivity index (χ4n) is 3.35. The van der Waals surface area contributed by atoms with Crippen molar-refractivity contribution in [2.75, 3.05) is 0 Å². The lowest BCUT2D eigenvalue weighted by molar-refractivity contribution is 0.112. The van der Waals surface area contributed by atoms with Gasteiger partial charge in [-0.15, -0.1) is 0 Å². The molecule has 20 heavy (non-hydrogen) atoms. The van der Waals surface area contributed by atoms with Crippen LogP contribution in [-0.2, 0) is 11.0 Å². The minimum atomic E-state index is -1.87. The van der Waals surface area contributed by atoms with Crippen LogP contribution in [0, 0.1) is 0 Å². The van der Waals surface area contributed by atoms with Gasteiger partial charge < -0.3 is 4.43 Å². The molecule has 0 aliphatic rings. The van der Waals surface area contributed by atoms with Crippen LogP contribution in [0.3, 0.4) is 0 Å². The maximum Gasteiger partial charge on any atom is 0.200 e. The van der Waals surface area contributed by atoms with Gasteiger partial charge in [-0.05, 0) is 28.8 Å². The number of nitrogens with zero attached hydrogens (tertiary/aromatic N) is 1. The van der Waals surface area contributed by atoms with Crippen molar-refractivity contribution in [3.8, 4) is 0 Å². The zero-order valence-corrected chi connectivity index (χ0v) is 14.5. The van der Waals surface area contributed by atoms with Crippen LogP contribution in [-0.4, -0.2) is 19.6 Å². The zero-order valence-electron chi connectivity index (χ0n) is 13.5. The third kappa shape index (κ3) is 3.55. The molecule has 1 rings (SSSR count). The highest BCUT2D eigenvalue weighted by atomic mass is 28.4. The van der Waals surface area contributed by atoms with Crippen LogP contribution in [0.4, 0.5) is 0 Å². The van der Waals surface area contributed by atoms with Gasteiger partial charge in [-0.1, -0.05) is 41.5 Å². The molecule has 0 aromatic carbocycles. The van der Waals surface area contributed by atoms with Gasteiger partial charge in [-0.2, -0.15) is 0 Å². The van der Waals surface area contributed by atoms with Crippen molar-refractivity contribution < 1.29 is 9.22 Å². The topological polar surface area (TPSA) is 39.2 Å². The molecule has 0 N–H and O–H groups in total. The van der Waals surface area contributed by atoms with Gasteiger partial charge in [-0.25, -0.2) is 0 Å². The van der Waals surface area contributed by atoms with Gasteiger partial charge >= 0.3 is 0 Å². The molecule has 0 amide bonds. The third-order valence-corrected chi connectivity index (χ3v) is 10.2. The van der Waals surface area contributed by atoms with Crippen molar-refractivity contribution in [1.29, 1.82) is 0 Å². The van der Waals surface area contributed by atoms with E-state index in [2.05, 4.69) is 46.5 Å². The number of hydrogen-bond donors (Lipinski definition) is 0. The molecule has 112 valence electrons. The minimum absolute atomic E-state index is 0.502. The number of hydrogen-bond acceptors (Lipinski definition) is 3. The fourth-order valence-corrected chi connectivity index (χ4v) is 8.75. The molecule has 3 nitrogen and oxygen atoms in total. The normalized spacial score (nSPS) is 12.4. The largest absolute Gasteiger partial charge is 0.410 e. The second-order valence-electron chi connectivity index (χ2n) is 6.30. The standard InChI is InChI=1S/C16H27NO2Si/c1-12(2)20(13(3)4,14(5)6)19-11-16-9-15(10-18)7-8-17-16/h7-10,12-14H,11H2,1-6H3. The van der Waals surface area contributed by atoms with Crippen molar-refractivity contribution in [3.63, 3.8) is 0 Å². The maximum atomic E-state index is 10.8. The summed E-state index contributed by atoms with van der Waals surface area (Å²) in [6.07, 6.45) is 2.52. The summed E-state index contributed by atoms with van der Waals surface area (Å²) in [6.45, 7) is 14.1. The Labute approximate surface area is 123 Å². The van der Waals surface area contributed by atoms with Gasteiger partial charge in [0.05, 0.1) is 12.3 Å². The maximum absolute atomic E-state index is 10.8. The van der Waals surface area contributed by atoms with Crippen LogP contribution in [0.5, 0.6) is 0 Å². The van der Waals surface area contributed by atoms with E-state index < -0.39 is 8.32 Å². The van der Waals surface area contributed by atoms with Crippen LogP contribution in [0.15, 0.2) is 18.3 Å². The van der Waals surface area contributed by atoms with Gasteiger partial charge in [0.1, 0.15) is 6.29 Å². The predicted molar refractivity (Wildman–Crippen MR) is 85.5 cm³/mol. The van der Waals surface area contributed by atoms with Crippen molar-refractivity contribution in [1.82, 2.24) is 4.98 Å². The molecule has 0 radical (unpaired) electrons. The van der Waals surface area contributed by atoms with E-state index in [1.54, 1.807) is 12.3 Å². The summed E-state index contributed by atoms with van der Waals surface area (Å²) in [4.78, 5) is 15.1. The van der Waals surface area contributed by atoms with E-state index in [4.69, 9.17) is 4.43 Å². The molecule has 1 aromatic heterocycles. The molecular weight excluding hydrogens is 266 g/mol. The van der Waals surface area contributed by atoms with E-state index in [-0.39, 0.29) is 0 Å². The van der Waals surface area contributed by atoms with Gasteiger partial charge in [0.15, 0.2) is 0 Å². The number of aldehydes is 1. The summed E-state index contributed by atoms with van der Waals surface area (Å²) in [5.41, 5.74) is 3.16. The van der Waals surface area contributed by atoms with E-state index in [0.29, 0.717) is 28.8 Å². The predicted octanol–water partition coefficient (Wildman–Crippen LogP) is 4.59. The quantitative estimate of drug-likeness (QED) is 0.545. The Kier molecular flexibility index (Phi) is 6.08. The van der Waals surface area contributed by atoms with E-state index in [1.165, 1.54) is 0 Å². The third-order valence-electron chi connectivity index (χ3n) is 4.15. The van der Waals surface area contributed by atoms with Crippen molar-refractivity contribution in [3.05, 3.63) is 29.6 Å². The highest BCUT2D eigenvalue weighted by molar-refractivity contribution is 6.77. The fraction of sp³-hybridized carbons (Fsp3) is 0.625. The van der Waals surface area contributed by atoms with Crippen LogP contribution in [0.2, 0.25) is 16.6 Å². The van der Waals surface area contributed by atoms with E-state index >= 15 is 0 Å². The first-order valence-corrected chi connectivity index (χ1v) is 9.52. The zero-order chi connectivity index (χ0) is 15.3. The molecule has 0 atom stereocenters. The first-order chi connectivity index (χ1) is 9.34. The molecule has 1 aromatic rings. The molecule has 0 aliphatic heterocycles. The second-order valence-corrected chi connectivity index (χ2v) is 11.8. The minimum Gasteiger partial charge on any atom is -0.410 e. The molecule has 0 spiro atoms. The monoisotopic (exact) mass is 293 g/mol. The lowest BCUT2D eigenvalue weighted by atomic mass is 10.2. The average Bonchev–Trinajstić information content (AvgIpc) is 2.38. The first kappa shape index (κ1) is 17.0. The van der Waals surface area contributed by atoms with Crippen molar-refractivity contribution >= 4 is 14.6 Å². The van der Waals surface area contributed by atoms with Crippen LogP contribution >= 0.6 is 0 Å². The summed E-state index contributed by atoms with van der Waals surface area (Å²) in [6, 6.07) is 3.53. The van der Waals surface area contributed by atoms with Gasteiger partial charge in [0, 0.05) is 11.8 Å². The summed E-state index contributed by atoms with van der Waals surface area (Å²) in [5, 5.41) is 0. The lowest BCUT2D eigenvalue weighted by Crippen LogP contribution is -2.47. The molecule has 0 bridgehead atoms. The van der Waals surface area contributed by atoms with Crippen LogP contribution in [0.25, 0.3) is 0 Å². The van der Waals surface area contributed by atoms with Gasteiger partial charge in [0.25, 0.3) is 0 Å². The first-order valence-electron chi connectivity index (χ1n) is 7.38. The van der Waals surface area contributed by atoms with Crippen LogP contribution < -0.4 is 0 Å². The number of carbonyl (C=O) groups excluding carboxylic acids is 1. The Bertz CT molecular complexity index is 422. The molecule has 4 heteroatoms. The summed E-state index contributed by atoms with van der Waals surface area (Å²) < 4.78 is 6.46. The van der Waals surface area contributed by atoms with Gasteiger partial charge in [-0.3, -0.25) is 9.78 Å². The Hall–Kier alpha value is -1.00. The second kappa shape index (κ2) is 7.13. The summed E-state index contributed by atoms with van der Waals surface area (Å²) in [5.74, 6) is 0. The SMILES string of the molecule is CC(C)[Si](OCc1cc(C=O)ccn1)(C(C)C)C(C)C. The van der Waals surface area contributed by atoms with Gasteiger partial charge in [0.2, 0.25) is 8.32 Å². The molecule has 0 unspecified atom stereocenters. The molecule has 0 fully saturated rings. The molecule has 0 saturated carbocycles. The van der Waals surface area contributed by atoms with E-state index in [0.717, 1.165) is 12.0 Å². The lowest BCUT2D eigenvalue weighted by Gasteiger charge is -2.42. The summed E-state index contributed by atoms with van der Waals surface area (Å²) >= 11 is 0. The Morgan fingerprint density at radius 1 is 1.15 bits per heavy atom. The highest BCUT2D eigenvalue weighted by Crippen LogP contribution is 2.42. The molecule has 1 heterocycles. The van der Waals surface area contributed by atoms with Crippen LogP contribution in [0.1, 0.15) is 57.6 Å². The number of aromatic nitrogens is 1. The summed E-state index contributed by atoms with van der Waals surface area (Å²) in [7, 11) is -1.87. The highest BCUT2D eigenvalue weighted by Gasteiger charge is 2.45. The van der Waals surface area contributed by atoms with Crippen molar-refractivity contribution in [2.24, 2.45) is 0 Å². The molecular formula is C16H27NO2Si. The van der Waals surface area contributed by atoms with Crippen molar-refractivity contribution in [2.45, 2.75) is 64.8 Å². The Morgan fingerprint density at radius 2 is 1.70 bits per heavy atom. The molecule has 0 saturated heterocycles. The molecule has 0 aliphatic carbocycles. The average molecular weight is 293 g/mol. The number of pyridine rings is 1. The smallest absolute Gasteiger partial charge is 0.200 e. The Morgan fingerprint density at radius 3 is 2.15 bits per heavy atom.